The maximum atomic E-state index is 12.3. The zero-order chi connectivity index (χ0) is 19.6. The van der Waals surface area contributed by atoms with Crippen LogP contribution in [0.25, 0.3) is 10.2 Å². The highest BCUT2D eigenvalue weighted by molar-refractivity contribution is 7.99. The molecule has 27 heavy (non-hydrogen) atoms. The van der Waals surface area contributed by atoms with Crippen LogP contribution in [0.5, 0.6) is 5.75 Å². The number of aromatic nitrogens is 4. The molecule has 0 radical (unpaired) electrons. The van der Waals surface area contributed by atoms with Gasteiger partial charge in [0.2, 0.25) is 5.91 Å². The largest absolute Gasteiger partial charge is 0.573 e. The Bertz CT molecular complexity index is 954. The fourth-order valence-corrected chi connectivity index (χ4v) is 3.89. The summed E-state index contributed by atoms with van der Waals surface area (Å²) in [5.41, 5.74) is 0.469. The molecule has 1 N–H and O–H groups in total. The predicted molar refractivity (Wildman–Crippen MR) is 96.1 cm³/mol. The first kappa shape index (κ1) is 19.4. The van der Waals surface area contributed by atoms with E-state index in [0.29, 0.717) is 20.5 Å². The Morgan fingerprint density at radius 1 is 1.41 bits per heavy atom. The number of hydrogen-bond donors (Lipinski definition) is 1. The minimum absolute atomic E-state index is 0.101. The number of nitrogens with one attached hydrogen (secondary N) is 1. The highest BCUT2D eigenvalue weighted by Crippen LogP contribution is 2.31. The van der Waals surface area contributed by atoms with E-state index in [1.165, 1.54) is 30.0 Å². The van der Waals surface area contributed by atoms with Crippen LogP contribution in [0, 0.1) is 0 Å². The lowest BCUT2D eigenvalue weighted by molar-refractivity contribution is -0.274. The molecule has 0 bridgehead atoms. The average Bonchev–Trinajstić information content (AvgIpc) is 3.16. The van der Waals surface area contributed by atoms with E-state index in [1.807, 2.05) is 18.4 Å². The molecule has 1 amide bonds. The molecule has 0 saturated heterocycles. The molecule has 1 aromatic carbocycles. The number of carbonyl (C=O) groups excluding carboxylic acids is 1. The second kappa shape index (κ2) is 7.72. The summed E-state index contributed by atoms with van der Waals surface area (Å²) >= 11 is 2.30. The van der Waals surface area contributed by atoms with Crippen molar-refractivity contribution in [2.75, 3.05) is 11.1 Å². The highest BCUT2D eigenvalue weighted by Gasteiger charge is 2.31. The minimum atomic E-state index is -4.76. The number of alkyl halides is 3. The van der Waals surface area contributed by atoms with Crippen LogP contribution >= 0.6 is 23.1 Å². The Kier molecular flexibility index (Phi) is 5.56. The molecule has 144 valence electrons. The third-order valence-corrected chi connectivity index (χ3v) is 5.16. The van der Waals surface area contributed by atoms with Gasteiger partial charge in [0, 0.05) is 12.1 Å². The zero-order valence-corrected chi connectivity index (χ0v) is 15.8. The van der Waals surface area contributed by atoms with Gasteiger partial charge in [0.15, 0.2) is 10.3 Å². The summed E-state index contributed by atoms with van der Waals surface area (Å²) in [4.78, 5) is 16.3. The predicted octanol–water partition coefficient (Wildman–Crippen LogP) is 4.10. The Morgan fingerprint density at radius 2 is 2.19 bits per heavy atom. The van der Waals surface area contributed by atoms with Gasteiger partial charge >= 0.3 is 6.36 Å². The van der Waals surface area contributed by atoms with Crippen molar-refractivity contribution >= 4 is 44.4 Å². The SMILES string of the molecule is CC(C)n1cnnc1SCC(=O)Nc1nc2ccc(OC(F)(F)F)cc2s1. The number of ether oxygens (including phenoxy) is 1. The van der Waals surface area contributed by atoms with Crippen LogP contribution in [-0.4, -0.2) is 37.8 Å². The molecule has 12 heteroatoms. The van der Waals surface area contributed by atoms with Gasteiger partial charge in [0.25, 0.3) is 0 Å². The van der Waals surface area contributed by atoms with Crippen molar-refractivity contribution in [1.29, 1.82) is 0 Å². The summed E-state index contributed by atoms with van der Waals surface area (Å²) < 4.78 is 43.1. The third-order valence-electron chi connectivity index (χ3n) is 3.27. The molecule has 7 nitrogen and oxygen atoms in total. The average molecular weight is 417 g/mol. The van der Waals surface area contributed by atoms with Crippen molar-refractivity contribution in [2.45, 2.75) is 31.4 Å². The first-order valence-electron chi connectivity index (χ1n) is 7.70. The van der Waals surface area contributed by atoms with Gasteiger partial charge in [-0.05, 0) is 26.0 Å². The van der Waals surface area contributed by atoms with Crippen molar-refractivity contribution < 1.29 is 22.7 Å². The van der Waals surface area contributed by atoms with Gasteiger partial charge in [0.1, 0.15) is 12.1 Å². The van der Waals surface area contributed by atoms with E-state index >= 15 is 0 Å². The Morgan fingerprint density at radius 3 is 2.89 bits per heavy atom. The van der Waals surface area contributed by atoms with Gasteiger partial charge in [-0.25, -0.2) is 4.98 Å². The summed E-state index contributed by atoms with van der Waals surface area (Å²) in [6.07, 6.45) is -3.16. The van der Waals surface area contributed by atoms with E-state index in [0.717, 1.165) is 11.3 Å². The molecular weight excluding hydrogens is 403 g/mol. The second-order valence-corrected chi connectivity index (χ2v) is 7.62. The molecule has 0 aliphatic heterocycles. The summed E-state index contributed by atoms with van der Waals surface area (Å²) in [5, 5.41) is 11.4. The number of thioether (sulfide) groups is 1. The number of carbonyl (C=O) groups is 1. The lowest BCUT2D eigenvalue weighted by Crippen LogP contribution is -2.16. The van der Waals surface area contributed by atoms with Crippen LogP contribution in [0.1, 0.15) is 19.9 Å². The summed E-state index contributed by atoms with van der Waals surface area (Å²) in [6.45, 7) is 3.96. The molecule has 2 heterocycles. The maximum Gasteiger partial charge on any atom is 0.573 e. The van der Waals surface area contributed by atoms with Crippen molar-refractivity contribution in [1.82, 2.24) is 19.7 Å². The first-order chi connectivity index (χ1) is 12.7. The summed E-state index contributed by atoms with van der Waals surface area (Å²) in [7, 11) is 0. The fourth-order valence-electron chi connectivity index (χ4n) is 2.13. The topological polar surface area (TPSA) is 81.9 Å². The standard InChI is InChI=1S/C15H14F3N5O2S2/c1-8(2)23-7-19-22-14(23)26-6-12(24)21-13-20-10-4-3-9(5-11(10)27-13)25-15(16,17)18/h3-5,7-8H,6H2,1-2H3,(H,20,21,24). The van der Waals surface area contributed by atoms with Gasteiger partial charge in [0.05, 0.1) is 16.0 Å². The van der Waals surface area contributed by atoms with E-state index < -0.39 is 6.36 Å². The Balaban J connectivity index is 1.63. The lowest BCUT2D eigenvalue weighted by atomic mass is 10.3. The number of thiazole rings is 1. The Labute approximate surface area is 159 Å². The van der Waals surface area contributed by atoms with Crippen molar-refractivity contribution in [3.05, 3.63) is 24.5 Å². The third kappa shape index (κ3) is 5.10. The molecule has 3 rings (SSSR count). The van der Waals surface area contributed by atoms with Gasteiger partial charge in [-0.15, -0.1) is 23.4 Å². The van der Waals surface area contributed by atoms with E-state index in [2.05, 4.69) is 25.2 Å². The number of hydrogen-bond acceptors (Lipinski definition) is 7. The summed E-state index contributed by atoms with van der Waals surface area (Å²) in [5.74, 6) is -0.534. The molecule has 0 aliphatic rings. The van der Waals surface area contributed by atoms with Crippen LogP contribution in [0.15, 0.2) is 29.7 Å². The number of benzene rings is 1. The minimum Gasteiger partial charge on any atom is -0.406 e. The molecule has 0 saturated carbocycles. The van der Waals surface area contributed by atoms with Crippen molar-refractivity contribution in [3.63, 3.8) is 0 Å². The van der Waals surface area contributed by atoms with E-state index in [-0.39, 0.29) is 23.5 Å². The molecule has 0 aliphatic carbocycles. The van der Waals surface area contributed by atoms with Gasteiger partial charge in [-0.2, -0.15) is 0 Å². The number of rotatable bonds is 6. The molecule has 0 atom stereocenters. The monoisotopic (exact) mass is 417 g/mol. The summed E-state index contributed by atoms with van der Waals surface area (Å²) in [6, 6.07) is 3.98. The second-order valence-electron chi connectivity index (χ2n) is 5.65. The zero-order valence-electron chi connectivity index (χ0n) is 14.1. The maximum absolute atomic E-state index is 12.3. The van der Waals surface area contributed by atoms with Gasteiger partial charge < -0.3 is 14.6 Å². The number of anilines is 1. The van der Waals surface area contributed by atoms with Crippen LogP contribution in [-0.2, 0) is 4.79 Å². The van der Waals surface area contributed by atoms with E-state index in [1.54, 1.807) is 6.33 Å². The van der Waals surface area contributed by atoms with Crippen LogP contribution in [0.3, 0.4) is 0 Å². The van der Waals surface area contributed by atoms with Crippen molar-refractivity contribution in [3.8, 4) is 5.75 Å². The van der Waals surface area contributed by atoms with Crippen LogP contribution < -0.4 is 10.1 Å². The fraction of sp³-hybridized carbons (Fsp3) is 0.333. The van der Waals surface area contributed by atoms with E-state index in [9.17, 15) is 18.0 Å². The van der Waals surface area contributed by atoms with E-state index in [4.69, 9.17) is 0 Å². The molecule has 3 aromatic rings. The number of amides is 1. The molecule has 0 unspecified atom stereocenters. The van der Waals surface area contributed by atoms with Gasteiger partial charge in [-0.3, -0.25) is 4.79 Å². The Hall–Kier alpha value is -2.34. The normalized spacial score (nSPS) is 11.9. The van der Waals surface area contributed by atoms with Crippen molar-refractivity contribution in [2.24, 2.45) is 0 Å². The smallest absolute Gasteiger partial charge is 0.406 e. The van der Waals surface area contributed by atoms with Crippen LogP contribution in [0.2, 0.25) is 0 Å². The highest BCUT2D eigenvalue weighted by atomic mass is 32.2. The quantitative estimate of drug-likeness (QED) is 0.608. The molecule has 0 fully saturated rings. The van der Waals surface area contributed by atoms with Crippen LogP contribution in [0.4, 0.5) is 18.3 Å². The molecule has 2 aromatic heterocycles. The van der Waals surface area contributed by atoms with Gasteiger partial charge in [-0.1, -0.05) is 23.1 Å². The molecular formula is C15H14F3N5O2S2. The number of nitrogens with zero attached hydrogens (tertiary/aromatic N) is 4. The number of fused-ring (bicyclic) bond motifs is 1. The lowest BCUT2D eigenvalue weighted by Gasteiger charge is -2.08. The first-order valence-corrected chi connectivity index (χ1v) is 9.50. The molecule has 0 spiro atoms. The number of halogens is 3.